The Morgan fingerprint density at radius 3 is 1.36 bits per heavy atom. The first kappa shape index (κ1) is 31.9. The molecule has 0 N–H and O–H groups in total. The van der Waals surface area contributed by atoms with Crippen LogP contribution in [-0.4, -0.2) is 41.8 Å². The van der Waals surface area contributed by atoms with Gasteiger partial charge in [0.15, 0.2) is 0 Å². The monoisotopic (exact) mass is 811 g/mol. The Kier molecular flexibility index (Phi) is 7.49. The molecule has 0 amide bonds. The first-order chi connectivity index (χ1) is 31.7. The van der Waals surface area contributed by atoms with Gasteiger partial charge in [0.2, 0.25) is 11.8 Å². The normalized spacial score (nSPS) is 15.8. The fourth-order valence-electron chi connectivity index (χ4n) is 8.39. The van der Waals surface area contributed by atoms with Crippen LogP contribution in [0.3, 0.4) is 0 Å². The third-order valence-electron chi connectivity index (χ3n) is 11.6. The molecule has 0 fully saturated rings. The van der Waals surface area contributed by atoms with E-state index in [0.717, 1.165) is 55.7 Å². The van der Waals surface area contributed by atoms with E-state index in [0.29, 0.717) is 40.3 Å². The van der Waals surface area contributed by atoms with Gasteiger partial charge in [0.05, 0.1) is 52.8 Å². The maximum atomic E-state index is 8.39. The van der Waals surface area contributed by atoms with Gasteiger partial charge in [-0.3, -0.25) is 0 Å². The number of aromatic nitrogens is 3. The fraction of sp³-hybridized carbons (Fsp3) is 0.231. The van der Waals surface area contributed by atoms with Gasteiger partial charge in [-0.15, -0.1) is 0 Å². The summed E-state index contributed by atoms with van der Waals surface area (Å²) in [5.74, 6) is 1.80. The summed E-state index contributed by atoms with van der Waals surface area (Å²) < 4.78 is 65.8. The molecule has 5 heterocycles. The zero-order valence-electron chi connectivity index (χ0n) is 41.1. The van der Waals surface area contributed by atoms with Crippen molar-refractivity contribution in [2.75, 3.05) is 46.9 Å². The van der Waals surface area contributed by atoms with Crippen molar-refractivity contribution in [2.24, 2.45) is 0 Å². The smallest absolute Gasteiger partial charge is 0.219 e. The van der Waals surface area contributed by atoms with E-state index in [9.17, 15) is 0 Å². The second kappa shape index (κ2) is 14.3. The summed E-state index contributed by atoms with van der Waals surface area (Å²) in [6.45, 7) is 8.40. The lowest BCUT2D eigenvalue weighted by Crippen LogP contribution is -2.23. The van der Waals surface area contributed by atoms with Gasteiger partial charge in [-0.1, -0.05) is 77.9 Å². The van der Waals surface area contributed by atoms with Gasteiger partial charge in [0.1, 0.15) is 11.5 Å². The first-order valence-electron chi connectivity index (χ1n) is 23.5. The number of hydrogen-bond acceptors (Lipinski definition) is 8. The molecule has 306 valence electrons. The van der Waals surface area contributed by atoms with Gasteiger partial charge < -0.3 is 33.6 Å². The standard InChI is InChI=1S/C52H51N7O2/c1-51(2,3)34-21-23-53-49(25-34)60-39-27-38(28-40(31-39)61-50-26-35(22-24-54-50)52(4,5)6)59-47-29-36(57-32-55(7)43-13-9-11-15-45(43)57)17-19-41(47)42-20-18-37(30-48(42)59)58-33-56(8)44-14-10-12-16-46(44)58/h9-31H,32-33H2,1-8H3/i7D3,8D3. The largest absolute Gasteiger partial charge is 0.439 e. The van der Waals surface area contributed by atoms with Gasteiger partial charge in [0.25, 0.3) is 0 Å². The van der Waals surface area contributed by atoms with Crippen molar-refractivity contribution < 1.29 is 17.7 Å². The van der Waals surface area contributed by atoms with Crippen molar-refractivity contribution in [3.63, 3.8) is 0 Å². The molecule has 0 bridgehead atoms. The van der Waals surface area contributed by atoms with E-state index in [1.165, 1.54) is 9.80 Å². The summed E-state index contributed by atoms with van der Waals surface area (Å²) in [5.41, 5.74) is 8.65. The van der Waals surface area contributed by atoms with E-state index in [-0.39, 0.29) is 24.2 Å². The van der Waals surface area contributed by atoms with Crippen molar-refractivity contribution in [3.8, 4) is 28.9 Å². The van der Waals surface area contributed by atoms with E-state index in [1.54, 1.807) is 12.4 Å². The molecule has 0 radical (unpaired) electrons. The van der Waals surface area contributed by atoms with Crippen molar-refractivity contribution in [2.45, 2.75) is 52.4 Å². The van der Waals surface area contributed by atoms with Crippen LogP contribution in [0.5, 0.6) is 23.3 Å². The van der Waals surface area contributed by atoms with E-state index in [2.05, 4.69) is 80.3 Å². The summed E-state index contributed by atoms with van der Waals surface area (Å²) in [7, 11) is 0. The lowest BCUT2D eigenvalue weighted by molar-refractivity contribution is 0.438. The van der Waals surface area contributed by atoms with Crippen LogP contribution in [-0.2, 0) is 10.8 Å². The Hall–Kier alpha value is -7.00. The van der Waals surface area contributed by atoms with Gasteiger partial charge in [-0.05, 0) is 82.6 Å². The van der Waals surface area contributed by atoms with E-state index in [4.69, 9.17) is 17.7 Å². The number of fused-ring (bicyclic) bond motifs is 5. The second-order valence-corrected chi connectivity index (χ2v) is 17.8. The number of pyridine rings is 2. The minimum Gasteiger partial charge on any atom is -0.439 e. The Morgan fingerprint density at radius 1 is 0.492 bits per heavy atom. The topological polar surface area (TPSA) is 62.1 Å². The van der Waals surface area contributed by atoms with Crippen LogP contribution in [0.4, 0.5) is 34.1 Å². The number of ether oxygens (including phenoxy) is 2. The molecular weight excluding hydrogens is 755 g/mol. The number of rotatable bonds is 7. The summed E-state index contributed by atoms with van der Waals surface area (Å²) >= 11 is 0. The summed E-state index contributed by atoms with van der Waals surface area (Å²) in [6, 6.07) is 41.1. The van der Waals surface area contributed by atoms with Crippen molar-refractivity contribution in [1.82, 2.24) is 14.5 Å². The fourth-order valence-corrected chi connectivity index (χ4v) is 8.39. The number of benzene rings is 5. The zero-order chi connectivity index (χ0) is 47.2. The Bertz CT molecular complexity index is 3000. The van der Waals surface area contributed by atoms with Gasteiger partial charge in [-0.2, -0.15) is 0 Å². The molecule has 61 heavy (non-hydrogen) atoms. The average Bonchev–Trinajstić information content (AvgIpc) is 3.96. The number of anilines is 6. The van der Waals surface area contributed by atoms with Crippen LogP contribution in [0.1, 0.15) is 60.9 Å². The highest BCUT2D eigenvalue weighted by atomic mass is 16.5. The van der Waals surface area contributed by atoms with E-state index in [1.807, 2.05) is 113 Å². The van der Waals surface area contributed by atoms with Gasteiger partial charge in [-0.25, -0.2) is 9.97 Å². The molecule has 0 saturated heterocycles. The van der Waals surface area contributed by atoms with Gasteiger partial charge in [0, 0.05) is 87.0 Å². The number of para-hydroxylation sites is 4. The third-order valence-corrected chi connectivity index (χ3v) is 11.6. The minimum atomic E-state index is -2.36. The minimum absolute atomic E-state index is 0.128. The Balaban J connectivity index is 1.19. The highest BCUT2D eigenvalue weighted by Crippen LogP contribution is 2.45. The lowest BCUT2D eigenvalue weighted by Gasteiger charge is -2.21. The summed E-state index contributed by atoms with van der Waals surface area (Å²) in [4.78, 5) is 16.1. The molecule has 2 aliphatic rings. The molecule has 9 heteroatoms. The quantitative estimate of drug-likeness (QED) is 0.158. The maximum Gasteiger partial charge on any atom is 0.219 e. The summed E-state index contributed by atoms with van der Waals surface area (Å²) in [5, 5.41) is 1.90. The average molecular weight is 812 g/mol. The van der Waals surface area contributed by atoms with Crippen LogP contribution in [0, 0.1) is 0 Å². The number of nitrogens with zero attached hydrogens (tertiary/aromatic N) is 7. The molecule has 9 nitrogen and oxygen atoms in total. The molecule has 5 aromatic carbocycles. The molecule has 0 saturated carbocycles. The van der Waals surface area contributed by atoms with Crippen LogP contribution >= 0.6 is 0 Å². The van der Waals surface area contributed by atoms with E-state index < -0.39 is 14.0 Å². The molecule has 10 rings (SSSR count). The van der Waals surface area contributed by atoms with Gasteiger partial charge >= 0.3 is 0 Å². The SMILES string of the molecule is [2H]C([2H])([2H])N1CN(c2ccc3c4ccc(N5CN(C([2H])([2H])[2H])c6ccccc65)cc4n(-c4cc(Oc5cc(C(C)(C)C)ccn5)cc(Oc5cc(C(C)(C)C)ccn5)c4)c3c2)c2ccccc21. The van der Waals surface area contributed by atoms with Crippen molar-refractivity contribution in [3.05, 3.63) is 151 Å². The molecule has 0 atom stereocenters. The Morgan fingerprint density at radius 2 is 0.934 bits per heavy atom. The van der Waals surface area contributed by atoms with Crippen molar-refractivity contribution >= 4 is 55.9 Å². The molecule has 0 aliphatic carbocycles. The van der Waals surface area contributed by atoms with Crippen molar-refractivity contribution in [1.29, 1.82) is 0 Å². The number of hydrogen-bond donors (Lipinski definition) is 0. The Labute approximate surface area is 366 Å². The van der Waals surface area contributed by atoms with Crippen LogP contribution < -0.4 is 29.1 Å². The molecular formula is C52H51N7O2. The first-order valence-corrected chi connectivity index (χ1v) is 20.5. The molecule has 3 aromatic heterocycles. The highest BCUT2D eigenvalue weighted by Gasteiger charge is 2.28. The van der Waals surface area contributed by atoms with Crippen LogP contribution in [0.15, 0.2) is 140 Å². The highest BCUT2D eigenvalue weighted by molar-refractivity contribution is 6.11. The predicted molar refractivity (Wildman–Crippen MR) is 251 cm³/mol. The predicted octanol–water partition coefficient (Wildman–Crippen LogP) is 12.8. The van der Waals surface area contributed by atoms with E-state index >= 15 is 0 Å². The molecule has 0 spiro atoms. The summed E-state index contributed by atoms with van der Waals surface area (Å²) in [6.07, 6.45) is 3.51. The lowest BCUT2D eigenvalue weighted by atomic mass is 9.88. The second-order valence-electron chi connectivity index (χ2n) is 17.8. The van der Waals surface area contributed by atoms with Crippen LogP contribution in [0.2, 0.25) is 0 Å². The molecule has 0 unspecified atom stereocenters. The third kappa shape index (κ3) is 6.93. The maximum absolute atomic E-state index is 8.39. The zero-order valence-corrected chi connectivity index (χ0v) is 35.1. The van der Waals surface area contributed by atoms with Crippen LogP contribution in [0.25, 0.3) is 27.5 Å². The molecule has 8 aromatic rings. The molecule has 2 aliphatic heterocycles.